The van der Waals surface area contributed by atoms with Crippen molar-refractivity contribution >= 4 is 16.8 Å². The van der Waals surface area contributed by atoms with Crippen LogP contribution in [0.25, 0.3) is 10.9 Å². The molecule has 19 heavy (non-hydrogen) atoms. The van der Waals surface area contributed by atoms with Gasteiger partial charge in [0.1, 0.15) is 0 Å². The molecule has 0 saturated heterocycles. The van der Waals surface area contributed by atoms with E-state index in [1.165, 1.54) is 5.39 Å². The molecule has 102 valence electrons. The number of aliphatic hydroxyl groups excluding tert-OH is 1. The molecule has 1 aromatic carbocycles. The molecule has 0 radical (unpaired) electrons. The Labute approximate surface area is 113 Å². The molecule has 2 N–H and O–H groups in total. The van der Waals surface area contributed by atoms with E-state index in [0.717, 1.165) is 17.5 Å². The second kappa shape index (κ2) is 5.89. The molecule has 0 spiro atoms. The van der Waals surface area contributed by atoms with Crippen LogP contribution in [0.1, 0.15) is 18.9 Å². The largest absolute Gasteiger partial charge is 0.392 e. The Morgan fingerprint density at radius 2 is 2.21 bits per heavy atom. The average molecular weight is 260 g/mol. The minimum atomic E-state index is -0.481. The summed E-state index contributed by atoms with van der Waals surface area (Å²) in [6, 6.07) is 8.21. The first-order chi connectivity index (χ1) is 9.06. The van der Waals surface area contributed by atoms with Crippen LogP contribution in [0.5, 0.6) is 0 Å². The van der Waals surface area contributed by atoms with Gasteiger partial charge in [-0.2, -0.15) is 0 Å². The van der Waals surface area contributed by atoms with Crippen LogP contribution in [0.3, 0.4) is 0 Å². The van der Waals surface area contributed by atoms with Gasteiger partial charge in [0.15, 0.2) is 0 Å². The summed E-state index contributed by atoms with van der Waals surface area (Å²) in [4.78, 5) is 16.6. The van der Waals surface area contributed by atoms with Crippen LogP contribution in [0.2, 0.25) is 0 Å². The van der Waals surface area contributed by atoms with E-state index in [0.29, 0.717) is 13.0 Å². The third-order valence-corrected chi connectivity index (χ3v) is 3.21. The molecular weight excluding hydrogens is 240 g/mol. The Hall–Kier alpha value is -1.81. The standard InChI is InChI=1S/C15H20N2O2/c1-11(18)10-17(2)15(19)6-4-12-3-5-14-13(9-12)7-8-16-14/h3,5,7-9,11,16,18H,4,6,10H2,1-2H3. The Morgan fingerprint density at radius 1 is 1.42 bits per heavy atom. The number of amides is 1. The van der Waals surface area contributed by atoms with Gasteiger partial charge in [-0.05, 0) is 42.5 Å². The van der Waals surface area contributed by atoms with Crippen LogP contribution in [-0.2, 0) is 11.2 Å². The molecule has 1 aromatic heterocycles. The van der Waals surface area contributed by atoms with Gasteiger partial charge in [0.25, 0.3) is 0 Å². The van der Waals surface area contributed by atoms with Gasteiger partial charge in [0, 0.05) is 31.7 Å². The lowest BCUT2D eigenvalue weighted by Crippen LogP contribution is -2.33. The zero-order valence-corrected chi connectivity index (χ0v) is 11.4. The number of carbonyl (C=O) groups is 1. The lowest BCUT2D eigenvalue weighted by molar-refractivity contribution is -0.131. The highest BCUT2D eigenvalue weighted by Crippen LogP contribution is 2.15. The molecule has 2 aromatic rings. The molecule has 2 rings (SSSR count). The SMILES string of the molecule is CC(O)CN(C)C(=O)CCc1ccc2[nH]ccc2c1. The predicted octanol–water partition coefficient (Wildman–Crippen LogP) is 1.94. The second-order valence-corrected chi connectivity index (χ2v) is 5.02. The smallest absolute Gasteiger partial charge is 0.222 e. The number of H-pyrrole nitrogens is 1. The fraction of sp³-hybridized carbons (Fsp3) is 0.400. The van der Waals surface area contributed by atoms with Gasteiger partial charge in [-0.1, -0.05) is 6.07 Å². The number of aliphatic hydroxyl groups is 1. The Kier molecular flexibility index (Phi) is 4.22. The maximum absolute atomic E-state index is 11.9. The highest BCUT2D eigenvalue weighted by Gasteiger charge is 2.10. The zero-order chi connectivity index (χ0) is 13.8. The maximum Gasteiger partial charge on any atom is 0.222 e. The molecule has 0 aliphatic rings. The van der Waals surface area contributed by atoms with Crippen molar-refractivity contribution in [2.45, 2.75) is 25.9 Å². The first-order valence-electron chi connectivity index (χ1n) is 6.54. The van der Waals surface area contributed by atoms with E-state index in [1.54, 1.807) is 18.9 Å². The number of likely N-dealkylation sites (N-methyl/N-ethyl adjacent to an activating group) is 1. The van der Waals surface area contributed by atoms with E-state index in [2.05, 4.69) is 11.1 Å². The molecule has 4 heteroatoms. The minimum absolute atomic E-state index is 0.0649. The fourth-order valence-corrected chi connectivity index (χ4v) is 2.20. The number of aryl methyl sites for hydroxylation is 1. The molecule has 0 aliphatic carbocycles. The van der Waals surface area contributed by atoms with Crippen LogP contribution in [0.15, 0.2) is 30.5 Å². The maximum atomic E-state index is 11.9. The van der Waals surface area contributed by atoms with E-state index in [1.807, 2.05) is 24.4 Å². The zero-order valence-electron chi connectivity index (χ0n) is 11.4. The van der Waals surface area contributed by atoms with E-state index >= 15 is 0 Å². The second-order valence-electron chi connectivity index (χ2n) is 5.02. The summed E-state index contributed by atoms with van der Waals surface area (Å²) in [5.41, 5.74) is 2.27. The summed E-state index contributed by atoms with van der Waals surface area (Å²) in [6.07, 6.45) is 2.63. The van der Waals surface area contributed by atoms with E-state index in [-0.39, 0.29) is 5.91 Å². The molecule has 1 amide bonds. The van der Waals surface area contributed by atoms with Crippen molar-refractivity contribution in [3.63, 3.8) is 0 Å². The molecule has 0 fully saturated rings. The first-order valence-corrected chi connectivity index (χ1v) is 6.54. The van der Waals surface area contributed by atoms with Crippen molar-refractivity contribution in [2.24, 2.45) is 0 Å². The van der Waals surface area contributed by atoms with Gasteiger partial charge >= 0.3 is 0 Å². The third-order valence-electron chi connectivity index (χ3n) is 3.21. The van der Waals surface area contributed by atoms with Crippen molar-refractivity contribution in [2.75, 3.05) is 13.6 Å². The summed E-state index contributed by atoms with van der Waals surface area (Å²) in [5, 5.41) is 10.4. The number of rotatable bonds is 5. The summed E-state index contributed by atoms with van der Waals surface area (Å²) in [6.45, 7) is 2.07. The number of hydrogen-bond acceptors (Lipinski definition) is 2. The van der Waals surface area contributed by atoms with Crippen LogP contribution in [0.4, 0.5) is 0 Å². The van der Waals surface area contributed by atoms with Gasteiger partial charge in [-0.15, -0.1) is 0 Å². The number of aromatic nitrogens is 1. The topological polar surface area (TPSA) is 56.3 Å². The third kappa shape index (κ3) is 3.58. The lowest BCUT2D eigenvalue weighted by atomic mass is 10.1. The number of hydrogen-bond donors (Lipinski definition) is 2. The summed E-state index contributed by atoms with van der Waals surface area (Å²) in [7, 11) is 1.73. The Balaban J connectivity index is 1.92. The Morgan fingerprint density at radius 3 is 2.95 bits per heavy atom. The number of nitrogens with zero attached hydrogens (tertiary/aromatic N) is 1. The van der Waals surface area contributed by atoms with Crippen LogP contribution in [0, 0.1) is 0 Å². The molecular formula is C15H20N2O2. The molecule has 0 saturated carbocycles. The molecule has 1 heterocycles. The normalized spacial score (nSPS) is 12.6. The van der Waals surface area contributed by atoms with E-state index < -0.39 is 6.10 Å². The molecule has 0 bridgehead atoms. The number of fused-ring (bicyclic) bond motifs is 1. The first kappa shape index (κ1) is 13.6. The van der Waals surface area contributed by atoms with Crippen LogP contribution in [-0.4, -0.2) is 40.6 Å². The molecule has 4 nitrogen and oxygen atoms in total. The van der Waals surface area contributed by atoms with Gasteiger partial charge < -0.3 is 15.0 Å². The van der Waals surface area contributed by atoms with Crippen molar-refractivity contribution < 1.29 is 9.90 Å². The Bertz CT molecular complexity index is 560. The molecule has 1 atom stereocenters. The highest BCUT2D eigenvalue weighted by molar-refractivity contribution is 5.80. The van der Waals surface area contributed by atoms with Crippen LogP contribution < -0.4 is 0 Å². The number of carbonyl (C=O) groups excluding carboxylic acids is 1. The van der Waals surface area contributed by atoms with Gasteiger partial charge in [0.05, 0.1) is 6.10 Å². The average Bonchev–Trinajstić information content (AvgIpc) is 2.82. The van der Waals surface area contributed by atoms with E-state index in [4.69, 9.17) is 0 Å². The van der Waals surface area contributed by atoms with Gasteiger partial charge in [-0.3, -0.25) is 4.79 Å². The summed E-state index contributed by atoms with van der Waals surface area (Å²) in [5.74, 6) is 0.0649. The summed E-state index contributed by atoms with van der Waals surface area (Å²) < 4.78 is 0. The summed E-state index contributed by atoms with van der Waals surface area (Å²) >= 11 is 0. The van der Waals surface area contributed by atoms with Crippen molar-refractivity contribution in [3.05, 3.63) is 36.0 Å². The minimum Gasteiger partial charge on any atom is -0.392 e. The number of benzene rings is 1. The van der Waals surface area contributed by atoms with Crippen LogP contribution >= 0.6 is 0 Å². The van der Waals surface area contributed by atoms with Gasteiger partial charge in [0.2, 0.25) is 5.91 Å². The lowest BCUT2D eigenvalue weighted by Gasteiger charge is -2.18. The monoisotopic (exact) mass is 260 g/mol. The number of aromatic amines is 1. The quantitative estimate of drug-likeness (QED) is 0.863. The van der Waals surface area contributed by atoms with Crippen molar-refractivity contribution in [1.29, 1.82) is 0 Å². The molecule has 0 aliphatic heterocycles. The highest BCUT2D eigenvalue weighted by atomic mass is 16.3. The van der Waals surface area contributed by atoms with E-state index in [9.17, 15) is 9.90 Å². The van der Waals surface area contributed by atoms with Crippen molar-refractivity contribution in [1.82, 2.24) is 9.88 Å². The van der Waals surface area contributed by atoms with Gasteiger partial charge in [-0.25, -0.2) is 0 Å². The fourth-order valence-electron chi connectivity index (χ4n) is 2.20. The number of nitrogens with one attached hydrogen (secondary N) is 1. The predicted molar refractivity (Wildman–Crippen MR) is 75.9 cm³/mol. The molecule has 1 unspecified atom stereocenters. The van der Waals surface area contributed by atoms with Crippen molar-refractivity contribution in [3.8, 4) is 0 Å².